The number of methoxy groups -OCH3 is 2. The van der Waals surface area contributed by atoms with Crippen LogP contribution in [0.15, 0.2) is 92.0 Å². The molecule has 1 saturated heterocycles. The van der Waals surface area contributed by atoms with E-state index in [2.05, 4.69) is 0 Å². The van der Waals surface area contributed by atoms with E-state index in [0.29, 0.717) is 85.0 Å². The van der Waals surface area contributed by atoms with Gasteiger partial charge < -0.3 is 66.7 Å². The number of imide groups is 1. The molecule has 3 aliphatic heterocycles. The second-order valence-electron chi connectivity index (χ2n) is 22.7. The molecule has 7 rings (SSSR count). The minimum absolute atomic E-state index is 0.00576. The molecule has 0 bridgehead atoms. The molecule has 0 aromatic heterocycles. The van der Waals surface area contributed by atoms with E-state index in [-0.39, 0.29) is 153 Å². The molecule has 0 radical (unpaired) electrons. The molecule has 4 N–H and O–H groups in total. The normalized spacial score (nSPS) is 18.0. The molecule has 4 aromatic carbocycles. The van der Waals surface area contributed by atoms with Crippen LogP contribution in [0.1, 0.15) is 57.6 Å². The van der Waals surface area contributed by atoms with Crippen molar-refractivity contribution in [1.29, 1.82) is 0 Å². The molecule has 2 amide bonds. The van der Waals surface area contributed by atoms with Gasteiger partial charge in [-0.1, -0.05) is 45.1 Å². The number of nitrogens with zero attached hydrogens (tertiary/aromatic N) is 3. The highest BCUT2D eigenvalue weighted by Gasteiger charge is 2.48. The Morgan fingerprint density at radius 2 is 0.926 bits per heavy atom. The van der Waals surface area contributed by atoms with Gasteiger partial charge in [-0.3, -0.25) is 27.8 Å². The van der Waals surface area contributed by atoms with Crippen molar-refractivity contribution in [1.82, 2.24) is 5.06 Å². The van der Waals surface area contributed by atoms with Gasteiger partial charge in [-0.25, -0.2) is 4.79 Å². The molecule has 95 heavy (non-hydrogen) atoms. The van der Waals surface area contributed by atoms with Crippen molar-refractivity contribution in [2.75, 3.05) is 169 Å². The maximum Gasteiger partial charge on any atom is 0.335 e. The van der Waals surface area contributed by atoms with Crippen molar-refractivity contribution in [3.05, 3.63) is 83.6 Å². The van der Waals surface area contributed by atoms with Crippen molar-refractivity contribution < 1.29 is 123 Å². The summed E-state index contributed by atoms with van der Waals surface area (Å²) in [6.45, 7) is 10.7. The van der Waals surface area contributed by atoms with E-state index in [4.69, 9.17) is 56.9 Å². The van der Waals surface area contributed by atoms with E-state index in [9.17, 15) is 66.3 Å². The smallest absolute Gasteiger partial charge is 0.335 e. The highest BCUT2D eigenvalue weighted by Crippen LogP contribution is 2.54. The summed E-state index contributed by atoms with van der Waals surface area (Å²) < 4.78 is 206. The standard InChI is InChI=1S/C61H83N3O27S4/c1-60(2)53(7-6-8-54-61(3,16-20-83-26-29-87-32-31-85-24-23-81-5)59-48-40-44(93(71,72)73)42-52(95(77,78)79)46(48)10-12-50(59)63(54)17-21-80-4)62(49-11-9-45-47(58(49)60)39-43(92(68,69)70)41-51(45)94(74,75)76)18-22-84-27-30-88-34-36-90-38-37-89-35-33-86-28-25-82-19-15-57(67)91-64-55(65)13-14-56(64)66/h6-12,39-42,54H,13-38H2,1-5H3,(H,68,69,70)(H,71,72,73)(H,74,75,76)(H,77,78,79)/b8-6+,53-7+. The van der Waals surface area contributed by atoms with Crippen LogP contribution in [-0.4, -0.2) is 240 Å². The summed E-state index contributed by atoms with van der Waals surface area (Å²) in [6.07, 6.45) is 5.58. The van der Waals surface area contributed by atoms with Crippen molar-refractivity contribution >= 4 is 91.2 Å². The van der Waals surface area contributed by atoms with Crippen LogP contribution >= 0.6 is 0 Å². The molecule has 34 heteroatoms. The number of allylic oxidation sites excluding steroid dienone is 3. The van der Waals surface area contributed by atoms with Crippen LogP contribution in [-0.2, 0) is 123 Å². The van der Waals surface area contributed by atoms with Gasteiger partial charge in [0.25, 0.3) is 52.3 Å². The topological polar surface area (TPSA) is 389 Å². The van der Waals surface area contributed by atoms with E-state index in [1.807, 2.05) is 42.7 Å². The summed E-state index contributed by atoms with van der Waals surface area (Å²) in [5, 5.41) is 0.651. The van der Waals surface area contributed by atoms with Gasteiger partial charge >= 0.3 is 5.97 Å². The molecule has 528 valence electrons. The predicted octanol–water partition coefficient (Wildman–Crippen LogP) is 4.49. The molecule has 1 fully saturated rings. The van der Waals surface area contributed by atoms with Crippen molar-refractivity contribution in [2.45, 2.75) is 82.9 Å². The Bertz CT molecular complexity index is 3850. The Kier molecular flexibility index (Phi) is 28.0. The lowest BCUT2D eigenvalue weighted by molar-refractivity contribution is -0.198. The molecule has 4 aromatic rings. The minimum Gasteiger partial charge on any atom is -0.383 e. The van der Waals surface area contributed by atoms with E-state index in [1.165, 1.54) is 19.2 Å². The third kappa shape index (κ3) is 20.2. The Labute approximate surface area is 552 Å². The van der Waals surface area contributed by atoms with Crippen LogP contribution in [0, 0.1) is 0 Å². The van der Waals surface area contributed by atoms with Gasteiger partial charge in [-0.05, 0) is 70.8 Å². The fourth-order valence-electron chi connectivity index (χ4n) is 11.5. The first-order chi connectivity index (χ1) is 45.0. The number of carbonyl (C=O) groups is 3. The third-order valence-corrected chi connectivity index (χ3v) is 19.4. The molecule has 2 unspecified atom stereocenters. The molecule has 2 atom stereocenters. The molecule has 30 nitrogen and oxygen atoms in total. The molecule has 3 aliphatic rings. The van der Waals surface area contributed by atoms with Gasteiger partial charge in [0.05, 0.1) is 148 Å². The summed E-state index contributed by atoms with van der Waals surface area (Å²) in [4.78, 5) is 40.7. The third-order valence-electron chi connectivity index (χ3n) is 16.0. The van der Waals surface area contributed by atoms with Gasteiger partial charge in [0.1, 0.15) is 9.79 Å². The molecular formula is C61H83N3O27S4. The van der Waals surface area contributed by atoms with Gasteiger partial charge in [0.2, 0.25) is 0 Å². The van der Waals surface area contributed by atoms with Crippen molar-refractivity contribution in [3.8, 4) is 0 Å². The summed E-state index contributed by atoms with van der Waals surface area (Å²) in [5.74, 6) is -1.88. The average molecular weight is 1420 g/mol. The monoisotopic (exact) mass is 1420 g/mol. The lowest BCUT2D eigenvalue weighted by atomic mass is 9.74. The number of anilines is 2. The minimum atomic E-state index is -5.09. The zero-order valence-corrected chi connectivity index (χ0v) is 56.7. The summed E-state index contributed by atoms with van der Waals surface area (Å²) >= 11 is 0. The van der Waals surface area contributed by atoms with Crippen LogP contribution in [0.2, 0.25) is 0 Å². The van der Waals surface area contributed by atoms with Crippen LogP contribution < -0.4 is 9.80 Å². The second kappa shape index (κ2) is 34.7. The van der Waals surface area contributed by atoms with Crippen LogP contribution in [0.5, 0.6) is 0 Å². The first kappa shape index (κ1) is 76.7. The summed E-state index contributed by atoms with van der Waals surface area (Å²) in [5.41, 5.74) is 0.382. The maximum atomic E-state index is 13.0. The van der Waals surface area contributed by atoms with Gasteiger partial charge in [0, 0.05) is 85.4 Å². The molecule has 0 aliphatic carbocycles. The summed E-state index contributed by atoms with van der Waals surface area (Å²) in [6, 6.07) is 9.20. The fourth-order valence-corrected chi connectivity index (χ4v) is 14.2. The summed E-state index contributed by atoms with van der Waals surface area (Å²) in [7, 11) is -17.2. The number of hydroxylamine groups is 2. The van der Waals surface area contributed by atoms with Crippen LogP contribution in [0.4, 0.5) is 11.4 Å². The van der Waals surface area contributed by atoms with E-state index >= 15 is 0 Å². The van der Waals surface area contributed by atoms with Crippen molar-refractivity contribution in [2.24, 2.45) is 0 Å². The molecule has 0 saturated carbocycles. The van der Waals surface area contributed by atoms with E-state index < -0.39 is 94.7 Å². The lowest BCUT2D eigenvalue weighted by Crippen LogP contribution is -2.44. The zero-order chi connectivity index (χ0) is 69.2. The number of benzene rings is 4. The average Bonchev–Trinajstić information content (AvgIpc) is 1.61. The Morgan fingerprint density at radius 3 is 1.38 bits per heavy atom. The van der Waals surface area contributed by atoms with E-state index in [0.717, 1.165) is 12.1 Å². The molecule has 3 heterocycles. The lowest BCUT2D eigenvalue weighted by Gasteiger charge is -2.35. The predicted molar refractivity (Wildman–Crippen MR) is 341 cm³/mol. The Hall–Kier alpha value is -5.71. The number of amides is 2. The number of carbonyl (C=O) groups excluding carboxylic acids is 3. The number of fused-ring (bicyclic) bond motifs is 6. The second-order valence-corrected chi connectivity index (χ2v) is 28.3. The van der Waals surface area contributed by atoms with Gasteiger partial charge in [-0.15, -0.1) is 5.06 Å². The van der Waals surface area contributed by atoms with Crippen LogP contribution in [0.3, 0.4) is 0 Å². The first-order valence-electron chi connectivity index (χ1n) is 30.4. The van der Waals surface area contributed by atoms with Crippen LogP contribution in [0.25, 0.3) is 21.5 Å². The Morgan fingerprint density at radius 1 is 0.505 bits per heavy atom. The fraction of sp³-hybridized carbons (Fsp3) is 0.557. The zero-order valence-electron chi connectivity index (χ0n) is 53.5. The van der Waals surface area contributed by atoms with Gasteiger partial charge in [-0.2, -0.15) is 33.7 Å². The highest BCUT2D eigenvalue weighted by molar-refractivity contribution is 7.87. The van der Waals surface area contributed by atoms with E-state index in [1.54, 1.807) is 25.3 Å². The maximum absolute atomic E-state index is 13.0. The Balaban J connectivity index is 1.05. The highest BCUT2D eigenvalue weighted by atomic mass is 32.2. The molecule has 0 spiro atoms. The number of rotatable bonds is 43. The number of hydrogen-bond donors (Lipinski definition) is 4. The van der Waals surface area contributed by atoms with Crippen molar-refractivity contribution in [3.63, 3.8) is 0 Å². The first-order valence-corrected chi connectivity index (χ1v) is 36.1. The quantitative estimate of drug-likeness (QED) is 0.0269. The largest absolute Gasteiger partial charge is 0.383 e. The SMILES string of the molecule is COCCOCCOCCOCCC1(C)c2c(ccc3c(S(=O)(=O)O)cc(S(=O)(=O)O)cc23)N(CCOC)C1/C=C/C=C1/N(CCOCCOCCOCCOCCOCCOCCC(=O)ON2C(=O)CCC2=O)c2ccc3c(S(=O)(=O)O)cc(S(=O)(=O)O)cc3c2C1(C)C. The number of hydrogen-bond acceptors (Lipinski definition) is 25. The van der Waals surface area contributed by atoms with Gasteiger partial charge in [0.15, 0.2) is 0 Å². The molecular weight excluding hydrogens is 1330 g/mol. The number of ether oxygens (including phenoxy) is 11.